The number of likely N-dealkylation sites (tertiary alicyclic amines) is 2. The third kappa shape index (κ3) is 4.36. The number of aromatic nitrogens is 2. The first-order valence-electron chi connectivity index (χ1n) is 12.0. The van der Waals surface area contributed by atoms with Gasteiger partial charge in [0.05, 0.1) is 18.1 Å². The first-order valence-corrected chi connectivity index (χ1v) is 12.0. The Hall–Kier alpha value is -2.87. The van der Waals surface area contributed by atoms with Crippen molar-refractivity contribution in [3.8, 4) is 0 Å². The second kappa shape index (κ2) is 8.82. The predicted octanol–water partition coefficient (Wildman–Crippen LogP) is 2.81. The van der Waals surface area contributed by atoms with Gasteiger partial charge in [-0.3, -0.25) is 9.69 Å². The summed E-state index contributed by atoms with van der Waals surface area (Å²) in [4.78, 5) is 32.9. The molecule has 0 spiro atoms. The van der Waals surface area contributed by atoms with E-state index in [4.69, 9.17) is 0 Å². The summed E-state index contributed by atoms with van der Waals surface area (Å²) in [5.74, 6) is 0.932. The highest BCUT2D eigenvalue weighted by molar-refractivity contribution is 5.91. The fourth-order valence-corrected chi connectivity index (χ4v) is 5.68. The van der Waals surface area contributed by atoms with Gasteiger partial charge in [0.1, 0.15) is 0 Å². The third-order valence-corrected chi connectivity index (χ3v) is 7.57. The van der Waals surface area contributed by atoms with E-state index in [2.05, 4.69) is 40.0 Å². The number of hydrogen-bond acceptors (Lipinski definition) is 5. The van der Waals surface area contributed by atoms with Crippen LogP contribution in [0.2, 0.25) is 0 Å². The van der Waals surface area contributed by atoms with E-state index in [1.807, 2.05) is 4.90 Å². The van der Waals surface area contributed by atoms with Crippen molar-refractivity contribution < 1.29 is 9.59 Å². The summed E-state index contributed by atoms with van der Waals surface area (Å²) in [5, 5.41) is 4.19. The Bertz CT molecular complexity index is 1030. The Labute approximate surface area is 195 Å². The average Bonchev–Trinajstić information content (AvgIpc) is 3.56. The number of hydrogen-bond donors (Lipinski definition) is 0. The van der Waals surface area contributed by atoms with Gasteiger partial charge in [-0.1, -0.05) is 12.1 Å². The Morgan fingerprint density at radius 2 is 1.79 bits per heavy atom. The highest BCUT2D eigenvalue weighted by Gasteiger charge is 2.42. The minimum atomic E-state index is -0.104. The number of fused-ring (bicyclic) bond motifs is 1. The molecule has 0 bridgehead atoms. The first kappa shape index (κ1) is 21.9. The van der Waals surface area contributed by atoms with E-state index in [1.165, 1.54) is 59.3 Å². The fourth-order valence-electron chi connectivity index (χ4n) is 5.68. The lowest BCUT2D eigenvalue weighted by molar-refractivity contribution is -0.116. The molecule has 5 rings (SSSR count). The number of anilines is 2. The molecule has 2 aromatic rings. The molecular weight excluding hydrogens is 416 g/mol. The molecule has 8 nitrogen and oxygen atoms in total. The molecule has 2 unspecified atom stereocenters. The van der Waals surface area contributed by atoms with E-state index < -0.39 is 0 Å². The lowest BCUT2D eigenvalue weighted by atomic mass is 10.0. The smallest absolute Gasteiger partial charge is 0.344 e. The number of rotatable bonds is 4. The third-order valence-electron chi connectivity index (χ3n) is 7.57. The Morgan fingerprint density at radius 3 is 2.42 bits per heavy atom. The topological polar surface area (TPSA) is 64.9 Å². The number of nitrogens with zero attached hydrogens (tertiary/aromatic N) is 6. The van der Waals surface area contributed by atoms with Crippen LogP contribution in [-0.2, 0) is 11.3 Å². The van der Waals surface area contributed by atoms with Crippen LogP contribution in [0.15, 0.2) is 30.6 Å². The van der Waals surface area contributed by atoms with Gasteiger partial charge >= 0.3 is 6.03 Å². The van der Waals surface area contributed by atoms with Crippen LogP contribution >= 0.6 is 0 Å². The zero-order chi connectivity index (χ0) is 23.1. The van der Waals surface area contributed by atoms with Crippen LogP contribution in [0.5, 0.6) is 0 Å². The number of carbonyl (C=O) groups is 2. The highest BCUT2D eigenvalue weighted by atomic mass is 16.2. The number of aryl methyl sites for hydroxylation is 1. The van der Waals surface area contributed by atoms with Crippen molar-refractivity contribution in [3.05, 3.63) is 41.7 Å². The van der Waals surface area contributed by atoms with E-state index in [-0.39, 0.29) is 11.9 Å². The van der Waals surface area contributed by atoms with Crippen LogP contribution in [0, 0.1) is 18.8 Å². The number of carbonyl (C=O) groups excluding carboxylic acids is 2. The van der Waals surface area contributed by atoms with Gasteiger partial charge in [-0.15, -0.1) is 0 Å². The molecule has 3 fully saturated rings. The number of amides is 2. The monoisotopic (exact) mass is 450 g/mol. The van der Waals surface area contributed by atoms with Gasteiger partial charge in [0.25, 0.3) is 0 Å². The Balaban J connectivity index is 1.16. The SMILES string of the molecule is CC(=O)N(C)c1cnn(C(=O)N2CC3CN(Cc4ccc(N5CCCC5)c(C)c4)CC3C2)c1. The predicted molar refractivity (Wildman–Crippen MR) is 129 cm³/mol. The maximum atomic E-state index is 12.9. The molecule has 8 heteroatoms. The second-order valence-corrected chi connectivity index (χ2v) is 9.94. The summed E-state index contributed by atoms with van der Waals surface area (Å²) in [5.41, 5.74) is 4.77. The normalized spacial score (nSPS) is 22.8. The summed E-state index contributed by atoms with van der Waals surface area (Å²) in [6.07, 6.45) is 5.80. The molecule has 2 amide bonds. The first-order chi connectivity index (χ1) is 15.9. The molecule has 0 N–H and O–H groups in total. The summed E-state index contributed by atoms with van der Waals surface area (Å²) >= 11 is 0. The van der Waals surface area contributed by atoms with Crippen LogP contribution in [0.1, 0.15) is 30.9 Å². The van der Waals surface area contributed by atoms with Gasteiger partial charge in [-0.05, 0) is 48.8 Å². The highest BCUT2D eigenvalue weighted by Crippen LogP contribution is 2.33. The molecule has 33 heavy (non-hydrogen) atoms. The van der Waals surface area contributed by atoms with Crippen molar-refractivity contribution in [1.29, 1.82) is 0 Å². The average molecular weight is 451 g/mol. The van der Waals surface area contributed by atoms with Gasteiger partial charge in [0.15, 0.2) is 0 Å². The molecule has 0 saturated carbocycles. The maximum absolute atomic E-state index is 12.9. The van der Waals surface area contributed by atoms with Crippen LogP contribution in [0.3, 0.4) is 0 Å². The zero-order valence-electron chi connectivity index (χ0n) is 19.9. The molecule has 1 aromatic heterocycles. The molecular formula is C25H34N6O2. The summed E-state index contributed by atoms with van der Waals surface area (Å²) in [6, 6.07) is 6.84. The van der Waals surface area contributed by atoms with Crippen molar-refractivity contribution in [2.45, 2.75) is 33.2 Å². The molecule has 2 atom stereocenters. The summed E-state index contributed by atoms with van der Waals surface area (Å²) in [7, 11) is 1.68. The molecule has 3 aliphatic heterocycles. The van der Waals surface area contributed by atoms with Crippen molar-refractivity contribution in [1.82, 2.24) is 19.6 Å². The summed E-state index contributed by atoms with van der Waals surface area (Å²) in [6.45, 7) is 10.6. The van der Waals surface area contributed by atoms with Crippen LogP contribution in [0.25, 0.3) is 0 Å². The van der Waals surface area contributed by atoms with Crippen LogP contribution in [0.4, 0.5) is 16.2 Å². The van der Waals surface area contributed by atoms with Gasteiger partial charge in [0, 0.05) is 65.5 Å². The largest absolute Gasteiger partial charge is 0.371 e. The van der Waals surface area contributed by atoms with E-state index in [1.54, 1.807) is 19.4 Å². The van der Waals surface area contributed by atoms with Crippen molar-refractivity contribution in [2.75, 3.05) is 56.1 Å². The van der Waals surface area contributed by atoms with Gasteiger partial charge in [-0.25, -0.2) is 4.79 Å². The lowest BCUT2D eigenvalue weighted by Crippen LogP contribution is -2.36. The zero-order valence-corrected chi connectivity index (χ0v) is 19.9. The van der Waals surface area contributed by atoms with Gasteiger partial charge in [-0.2, -0.15) is 9.78 Å². The Morgan fingerprint density at radius 1 is 1.09 bits per heavy atom. The second-order valence-electron chi connectivity index (χ2n) is 9.94. The molecule has 176 valence electrons. The van der Waals surface area contributed by atoms with E-state index >= 15 is 0 Å². The van der Waals surface area contributed by atoms with Gasteiger partial charge < -0.3 is 14.7 Å². The van der Waals surface area contributed by atoms with Crippen molar-refractivity contribution >= 4 is 23.3 Å². The standard InChI is InChI=1S/C25H34N6O2/c1-18-10-20(6-7-24(18)29-8-4-5-9-29)12-28-13-21-15-30(16-22(21)14-28)25(33)31-17-23(11-26-31)27(3)19(2)32/h6-7,10-11,17,21-22H,4-5,8-9,12-16H2,1-3H3. The lowest BCUT2D eigenvalue weighted by Gasteiger charge is -2.23. The van der Waals surface area contributed by atoms with E-state index in [0.29, 0.717) is 17.5 Å². The van der Waals surface area contributed by atoms with Crippen molar-refractivity contribution in [3.63, 3.8) is 0 Å². The maximum Gasteiger partial charge on any atom is 0.344 e. The van der Waals surface area contributed by atoms with Gasteiger partial charge in [0.2, 0.25) is 5.91 Å². The van der Waals surface area contributed by atoms with Crippen LogP contribution in [-0.4, -0.2) is 77.8 Å². The fraction of sp³-hybridized carbons (Fsp3) is 0.560. The number of benzene rings is 1. The molecule has 4 heterocycles. The minimum Gasteiger partial charge on any atom is -0.371 e. The van der Waals surface area contributed by atoms with E-state index in [0.717, 1.165) is 32.7 Å². The molecule has 0 radical (unpaired) electrons. The minimum absolute atomic E-state index is 0.0846. The molecule has 0 aliphatic carbocycles. The Kier molecular flexibility index (Phi) is 5.86. The molecule has 1 aromatic carbocycles. The van der Waals surface area contributed by atoms with E-state index in [9.17, 15) is 9.59 Å². The quantitative estimate of drug-likeness (QED) is 0.717. The molecule has 3 aliphatic rings. The van der Waals surface area contributed by atoms with Crippen molar-refractivity contribution in [2.24, 2.45) is 11.8 Å². The van der Waals surface area contributed by atoms with Crippen LogP contribution < -0.4 is 9.80 Å². The summed E-state index contributed by atoms with van der Waals surface area (Å²) < 4.78 is 1.36. The molecule has 3 saturated heterocycles.